The molecule has 3 rings (SSSR count). The molecule has 30 heavy (non-hydrogen) atoms. The zero-order valence-electron chi connectivity index (χ0n) is 17.7. The van der Waals surface area contributed by atoms with Gasteiger partial charge in [0.15, 0.2) is 9.84 Å². The first kappa shape index (κ1) is 22.3. The number of amides is 1. The Morgan fingerprint density at radius 2 is 1.70 bits per heavy atom. The Balaban J connectivity index is 1.61. The monoisotopic (exact) mass is 430 g/mol. The Labute approximate surface area is 179 Å². The van der Waals surface area contributed by atoms with Crippen molar-refractivity contribution in [2.75, 3.05) is 44.8 Å². The van der Waals surface area contributed by atoms with Crippen LogP contribution in [0.3, 0.4) is 0 Å². The lowest BCUT2D eigenvalue weighted by Crippen LogP contribution is -2.48. The molecule has 7 heteroatoms. The summed E-state index contributed by atoms with van der Waals surface area (Å²) in [7, 11) is -1.21. The average Bonchev–Trinajstić information content (AvgIpc) is 2.74. The summed E-state index contributed by atoms with van der Waals surface area (Å²) in [5.74, 6) is 1.04. The summed E-state index contributed by atoms with van der Waals surface area (Å²) in [5.41, 5.74) is 1.98. The summed E-state index contributed by atoms with van der Waals surface area (Å²) in [6.07, 6.45) is 0.715. The van der Waals surface area contributed by atoms with E-state index in [1.165, 1.54) is 0 Å². The van der Waals surface area contributed by atoms with Crippen LogP contribution in [0, 0.1) is 6.92 Å². The van der Waals surface area contributed by atoms with Crippen LogP contribution in [-0.2, 0) is 14.6 Å². The van der Waals surface area contributed by atoms with Crippen molar-refractivity contribution in [3.05, 3.63) is 65.7 Å². The number of rotatable bonds is 8. The van der Waals surface area contributed by atoms with E-state index in [1.807, 2.05) is 66.4 Å². The van der Waals surface area contributed by atoms with E-state index in [0.717, 1.165) is 16.9 Å². The number of hydrogen-bond acceptors (Lipinski definition) is 5. The Kier molecular flexibility index (Phi) is 7.50. The standard InChI is InChI=1S/C23H30N2O4S/c1-19-9-6-7-12-21(19)29-16-8-13-24(2)23(26)22(20-10-4-3-5-11-20)25-14-17-30(27,28)18-15-25/h3-7,9-12,22H,8,13-18H2,1-2H3. The molecule has 2 aromatic rings. The van der Waals surface area contributed by atoms with E-state index in [2.05, 4.69) is 0 Å². The van der Waals surface area contributed by atoms with Crippen LogP contribution >= 0.6 is 0 Å². The lowest BCUT2D eigenvalue weighted by atomic mass is 10.0. The molecule has 0 N–H and O–H groups in total. The van der Waals surface area contributed by atoms with Crippen molar-refractivity contribution in [3.8, 4) is 5.75 Å². The largest absolute Gasteiger partial charge is 0.493 e. The quantitative estimate of drug-likeness (QED) is 0.603. The molecule has 0 saturated carbocycles. The second-order valence-electron chi connectivity index (χ2n) is 7.73. The molecule has 1 heterocycles. The van der Waals surface area contributed by atoms with Crippen molar-refractivity contribution in [1.29, 1.82) is 0 Å². The van der Waals surface area contributed by atoms with Crippen molar-refractivity contribution < 1.29 is 17.9 Å². The summed E-state index contributed by atoms with van der Waals surface area (Å²) in [4.78, 5) is 17.0. The number of ether oxygens (including phenoxy) is 1. The van der Waals surface area contributed by atoms with Crippen LogP contribution in [0.2, 0.25) is 0 Å². The van der Waals surface area contributed by atoms with Crippen LogP contribution in [0.4, 0.5) is 0 Å². The molecule has 0 bridgehead atoms. The number of carbonyl (C=O) groups excluding carboxylic acids is 1. The number of sulfone groups is 1. The molecule has 1 atom stereocenters. The number of carbonyl (C=O) groups is 1. The van der Waals surface area contributed by atoms with Crippen molar-refractivity contribution in [1.82, 2.24) is 9.80 Å². The SMILES string of the molecule is Cc1ccccc1OCCCN(C)C(=O)C(c1ccccc1)N1CCS(=O)(=O)CC1. The number of benzene rings is 2. The van der Waals surface area contributed by atoms with Gasteiger partial charge in [0.05, 0.1) is 18.1 Å². The van der Waals surface area contributed by atoms with Crippen molar-refractivity contribution in [2.45, 2.75) is 19.4 Å². The van der Waals surface area contributed by atoms with Crippen LogP contribution in [-0.4, -0.2) is 68.9 Å². The van der Waals surface area contributed by atoms with Gasteiger partial charge >= 0.3 is 0 Å². The molecule has 2 aromatic carbocycles. The Morgan fingerprint density at radius 1 is 1.07 bits per heavy atom. The van der Waals surface area contributed by atoms with Gasteiger partial charge in [-0.15, -0.1) is 0 Å². The first-order valence-electron chi connectivity index (χ1n) is 10.3. The predicted molar refractivity (Wildman–Crippen MR) is 118 cm³/mol. The summed E-state index contributed by atoms with van der Waals surface area (Å²) in [6.45, 7) is 3.85. The maximum Gasteiger partial charge on any atom is 0.244 e. The van der Waals surface area contributed by atoms with E-state index in [-0.39, 0.29) is 17.4 Å². The maximum atomic E-state index is 13.3. The fourth-order valence-electron chi connectivity index (χ4n) is 3.65. The van der Waals surface area contributed by atoms with Gasteiger partial charge in [0.2, 0.25) is 5.91 Å². The molecule has 6 nitrogen and oxygen atoms in total. The second-order valence-corrected chi connectivity index (χ2v) is 10.0. The summed E-state index contributed by atoms with van der Waals surface area (Å²) >= 11 is 0. The number of para-hydroxylation sites is 1. The first-order chi connectivity index (χ1) is 14.4. The first-order valence-corrected chi connectivity index (χ1v) is 12.1. The fourth-order valence-corrected chi connectivity index (χ4v) is 4.88. The normalized spacial score (nSPS) is 17.3. The van der Waals surface area contributed by atoms with E-state index < -0.39 is 15.9 Å². The predicted octanol–water partition coefficient (Wildman–Crippen LogP) is 2.69. The Morgan fingerprint density at radius 3 is 2.37 bits per heavy atom. The molecule has 162 valence electrons. The molecule has 1 aliphatic rings. The van der Waals surface area contributed by atoms with Crippen molar-refractivity contribution >= 4 is 15.7 Å². The molecule has 1 amide bonds. The van der Waals surface area contributed by atoms with Gasteiger partial charge in [0.1, 0.15) is 11.8 Å². The van der Waals surface area contributed by atoms with E-state index in [1.54, 1.807) is 11.9 Å². The number of likely N-dealkylation sites (N-methyl/N-ethyl adjacent to an activating group) is 1. The third-order valence-electron chi connectivity index (χ3n) is 5.46. The zero-order valence-corrected chi connectivity index (χ0v) is 18.5. The average molecular weight is 431 g/mol. The Hall–Kier alpha value is -2.38. The highest BCUT2D eigenvalue weighted by Gasteiger charge is 2.33. The number of hydrogen-bond donors (Lipinski definition) is 0. The third kappa shape index (κ3) is 5.83. The highest BCUT2D eigenvalue weighted by atomic mass is 32.2. The molecule has 1 aliphatic heterocycles. The topological polar surface area (TPSA) is 66.9 Å². The highest BCUT2D eigenvalue weighted by molar-refractivity contribution is 7.91. The minimum absolute atomic E-state index is 0.0172. The zero-order chi connectivity index (χ0) is 21.6. The van der Waals surface area contributed by atoms with Crippen LogP contribution < -0.4 is 4.74 Å². The van der Waals surface area contributed by atoms with Crippen LogP contribution in [0.15, 0.2) is 54.6 Å². The van der Waals surface area contributed by atoms with Crippen LogP contribution in [0.25, 0.3) is 0 Å². The maximum absolute atomic E-state index is 13.3. The molecular weight excluding hydrogens is 400 g/mol. The van der Waals surface area contributed by atoms with Gasteiger partial charge < -0.3 is 9.64 Å². The molecule has 1 fully saturated rings. The molecule has 1 unspecified atom stereocenters. The molecular formula is C23H30N2O4S. The van der Waals surface area contributed by atoms with Crippen molar-refractivity contribution in [2.24, 2.45) is 0 Å². The van der Waals surface area contributed by atoms with Gasteiger partial charge in [-0.1, -0.05) is 48.5 Å². The van der Waals surface area contributed by atoms with Gasteiger partial charge in [-0.25, -0.2) is 8.42 Å². The fraction of sp³-hybridized carbons (Fsp3) is 0.435. The minimum atomic E-state index is -3.01. The highest BCUT2D eigenvalue weighted by Crippen LogP contribution is 2.25. The number of aryl methyl sites for hydroxylation is 1. The second kappa shape index (κ2) is 10.1. The van der Waals surface area contributed by atoms with Crippen LogP contribution in [0.5, 0.6) is 5.75 Å². The van der Waals surface area contributed by atoms with Gasteiger partial charge in [-0.2, -0.15) is 0 Å². The molecule has 0 aliphatic carbocycles. The lowest BCUT2D eigenvalue weighted by molar-refractivity contribution is -0.136. The van der Waals surface area contributed by atoms with E-state index >= 15 is 0 Å². The third-order valence-corrected chi connectivity index (χ3v) is 7.07. The smallest absolute Gasteiger partial charge is 0.244 e. The molecule has 0 spiro atoms. The van der Waals surface area contributed by atoms with Crippen LogP contribution in [0.1, 0.15) is 23.6 Å². The lowest BCUT2D eigenvalue weighted by Gasteiger charge is -2.35. The van der Waals surface area contributed by atoms with Gasteiger partial charge in [-0.05, 0) is 30.5 Å². The van der Waals surface area contributed by atoms with Gasteiger partial charge in [0.25, 0.3) is 0 Å². The minimum Gasteiger partial charge on any atom is -0.493 e. The van der Waals surface area contributed by atoms with Gasteiger partial charge in [0, 0.05) is 26.7 Å². The van der Waals surface area contributed by atoms with Gasteiger partial charge in [-0.3, -0.25) is 9.69 Å². The van der Waals surface area contributed by atoms with E-state index in [4.69, 9.17) is 4.74 Å². The molecule has 1 saturated heterocycles. The summed E-state index contributed by atoms with van der Waals surface area (Å²) in [5, 5.41) is 0. The Bertz CT molecular complexity index is 933. The van der Waals surface area contributed by atoms with Crippen molar-refractivity contribution in [3.63, 3.8) is 0 Å². The summed E-state index contributed by atoms with van der Waals surface area (Å²) < 4.78 is 29.5. The summed E-state index contributed by atoms with van der Waals surface area (Å²) in [6, 6.07) is 17.0. The molecule has 0 aromatic heterocycles. The van der Waals surface area contributed by atoms with E-state index in [9.17, 15) is 13.2 Å². The number of nitrogens with zero attached hydrogens (tertiary/aromatic N) is 2. The molecule has 0 radical (unpaired) electrons. The van der Waals surface area contributed by atoms with E-state index in [0.29, 0.717) is 32.7 Å².